The van der Waals surface area contributed by atoms with Gasteiger partial charge in [0.05, 0.1) is 25.2 Å². The molecule has 6 nitrogen and oxygen atoms in total. The highest BCUT2D eigenvalue weighted by Gasteiger charge is 2.28. The van der Waals surface area contributed by atoms with E-state index in [4.69, 9.17) is 26.8 Å². The fourth-order valence-electron chi connectivity index (χ4n) is 2.62. The summed E-state index contributed by atoms with van der Waals surface area (Å²) in [6.07, 6.45) is 1.46. The number of carbonyl (C=O) groups is 2. The standard InChI is InChI=1S/C15H19ClN2O4/c1-21-12-7-10(6-11(16)13(12)22-2)15(20)18-5-3-4-9(8-18)14(17)19/h6-7,9H,3-5,8H2,1-2H3,(H2,17,19). The van der Waals surface area contributed by atoms with Gasteiger partial charge in [-0.05, 0) is 25.0 Å². The maximum Gasteiger partial charge on any atom is 0.254 e. The number of primary amides is 1. The van der Waals surface area contributed by atoms with Crippen molar-refractivity contribution >= 4 is 23.4 Å². The molecule has 0 saturated carbocycles. The molecule has 2 rings (SSSR count). The fraction of sp³-hybridized carbons (Fsp3) is 0.467. The van der Waals surface area contributed by atoms with Gasteiger partial charge >= 0.3 is 0 Å². The number of halogens is 1. The van der Waals surface area contributed by atoms with Crippen molar-refractivity contribution in [2.75, 3.05) is 27.3 Å². The monoisotopic (exact) mass is 326 g/mol. The number of nitrogens with zero attached hydrogens (tertiary/aromatic N) is 1. The molecule has 7 heteroatoms. The first kappa shape index (κ1) is 16.4. The van der Waals surface area contributed by atoms with Crippen molar-refractivity contribution in [3.63, 3.8) is 0 Å². The Kier molecular flexibility index (Phi) is 5.13. The molecule has 2 amide bonds. The van der Waals surface area contributed by atoms with E-state index in [2.05, 4.69) is 0 Å². The predicted molar refractivity (Wildman–Crippen MR) is 82.4 cm³/mol. The van der Waals surface area contributed by atoms with Gasteiger partial charge < -0.3 is 20.1 Å². The van der Waals surface area contributed by atoms with Gasteiger partial charge in [-0.2, -0.15) is 0 Å². The Hall–Kier alpha value is -1.95. The summed E-state index contributed by atoms with van der Waals surface area (Å²) in [7, 11) is 2.96. The molecule has 0 aromatic heterocycles. The molecule has 1 atom stereocenters. The summed E-state index contributed by atoms with van der Waals surface area (Å²) in [5.74, 6) is -0.0962. The summed E-state index contributed by atoms with van der Waals surface area (Å²) in [5.41, 5.74) is 5.74. The lowest BCUT2D eigenvalue weighted by Gasteiger charge is -2.31. The van der Waals surface area contributed by atoms with Crippen LogP contribution in [0.1, 0.15) is 23.2 Å². The Bertz CT molecular complexity index is 591. The van der Waals surface area contributed by atoms with Gasteiger partial charge in [0.25, 0.3) is 5.91 Å². The molecule has 22 heavy (non-hydrogen) atoms. The van der Waals surface area contributed by atoms with E-state index in [0.717, 1.165) is 6.42 Å². The number of amides is 2. The molecule has 0 radical (unpaired) electrons. The molecular weight excluding hydrogens is 308 g/mol. The second-order valence-corrected chi connectivity index (χ2v) is 5.59. The predicted octanol–water partition coefficient (Wildman–Crippen LogP) is 1.69. The van der Waals surface area contributed by atoms with Crippen molar-refractivity contribution in [2.24, 2.45) is 11.7 Å². The average molecular weight is 327 g/mol. The van der Waals surface area contributed by atoms with Crippen LogP contribution in [-0.2, 0) is 4.79 Å². The van der Waals surface area contributed by atoms with Crippen molar-refractivity contribution in [1.82, 2.24) is 4.90 Å². The molecule has 1 heterocycles. The molecule has 0 aliphatic carbocycles. The first-order valence-electron chi connectivity index (χ1n) is 6.98. The van der Waals surface area contributed by atoms with E-state index in [1.165, 1.54) is 14.2 Å². The number of likely N-dealkylation sites (tertiary alicyclic amines) is 1. The Morgan fingerprint density at radius 1 is 1.32 bits per heavy atom. The fourth-order valence-corrected chi connectivity index (χ4v) is 2.91. The van der Waals surface area contributed by atoms with E-state index in [1.807, 2.05) is 0 Å². The van der Waals surface area contributed by atoms with E-state index in [0.29, 0.717) is 41.6 Å². The summed E-state index contributed by atoms with van der Waals surface area (Å²) in [5, 5.41) is 0.300. The maximum absolute atomic E-state index is 12.6. The van der Waals surface area contributed by atoms with Crippen LogP contribution in [0.25, 0.3) is 0 Å². The number of hydrogen-bond donors (Lipinski definition) is 1. The van der Waals surface area contributed by atoms with Crippen molar-refractivity contribution in [2.45, 2.75) is 12.8 Å². The SMILES string of the molecule is COc1cc(C(=O)N2CCCC(C(N)=O)C2)cc(Cl)c1OC. The van der Waals surface area contributed by atoms with Crippen LogP contribution in [0.15, 0.2) is 12.1 Å². The summed E-state index contributed by atoms with van der Waals surface area (Å²) in [4.78, 5) is 25.6. The molecule has 1 saturated heterocycles. The molecule has 120 valence electrons. The van der Waals surface area contributed by atoms with Crippen molar-refractivity contribution in [3.05, 3.63) is 22.7 Å². The molecule has 0 bridgehead atoms. The first-order valence-corrected chi connectivity index (χ1v) is 7.35. The zero-order chi connectivity index (χ0) is 16.3. The number of carbonyl (C=O) groups excluding carboxylic acids is 2. The average Bonchev–Trinajstić information content (AvgIpc) is 2.53. The van der Waals surface area contributed by atoms with E-state index in [-0.39, 0.29) is 17.7 Å². The smallest absolute Gasteiger partial charge is 0.254 e. The lowest BCUT2D eigenvalue weighted by Crippen LogP contribution is -2.44. The van der Waals surface area contributed by atoms with Crippen molar-refractivity contribution < 1.29 is 19.1 Å². The van der Waals surface area contributed by atoms with E-state index in [9.17, 15) is 9.59 Å². The minimum absolute atomic E-state index is 0.200. The van der Waals surface area contributed by atoms with Gasteiger partial charge in [0.15, 0.2) is 11.5 Å². The van der Waals surface area contributed by atoms with Crippen LogP contribution in [0, 0.1) is 5.92 Å². The number of rotatable bonds is 4. The van der Waals surface area contributed by atoms with Gasteiger partial charge in [0.2, 0.25) is 5.91 Å². The molecule has 1 aliphatic heterocycles. The highest BCUT2D eigenvalue weighted by Crippen LogP contribution is 2.36. The molecule has 1 fully saturated rings. The Morgan fingerprint density at radius 3 is 2.64 bits per heavy atom. The zero-order valence-electron chi connectivity index (χ0n) is 12.6. The number of benzene rings is 1. The van der Waals surface area contributed by atoms with Crippen LogP contribution < -0.4 is 15.2 Å². The van der Waals surface area contributed by atoms with Gasteiger partial charge in [-0.25, -0.2) is 0 Å². The minimum atomic E-state index is -0.372. The van der Waals surface area contributed by atoms with E-state index < -0.39 is 0 Å². The number of ether oxygens (including phenoxy) is 2. The lowest BCUT2D eigenvalue weighted by molar-refractivity contribution is -0.123. The Morgan fingerprint density at radius 2 is 2.05 bits per heavy atom. The van der Waals surface area contributed by atoms with Gasteiger partial charge in [0.1, 0.15) is 0 Å². The van der Waals surface area contributed by atoms with Crippen LogP contribution >= 0.6 is 11.6 Å². The zero-order valence-corrected chi connectivity index (χ0v) is 13.4. The van der Waals surface area contributed by atoms with Gasteiger partial charge in [-0.3, -0.25) is 9.59 Å². The van der Waals surface area contributed by atoms with Crippen LogP contribution in [0.4, 0.5) is 0 Å². The molecule has 0 spiro atoms. The van der Waals surface area contributed by atoms with Crippen molar-refractivity contribution in [1.29, 1.82) is 0 Å². The Labute approximate surface area is 134 Å². The summed E-state index contributed by atoms with van der Waals surface area (Å²) < 4.78 is 10.4. The summed E-state index contributed by atoms with van der Waals surface area (Å²) in [6.45, 7) is 0.925. The van der Waals surface area contributed by atoms with Crippen LogP contribution in [0.2, 0.25) is 5.02 Å². The maximum atomic E-state index is 12.6. The summed E-state index contributed by atoms with van der Waals surface area (Å²) in [6, 6.07) is 3.13. The normalized spacial score (nSPS) is 18.0. The van der Waals surface area contributed by atoms with Crippen LogP contribution in [0.5, 0.6) is 11.5 Å². The molecule has 2 N–H and O–H groups in total. The van der Waals surface area contributed by atoms with E-state index >= 15 is 0 Å². The lowest BCUT2D eigenvalue weighted by atomic mass is 9.97. The second kappa shape index (κ2) is 6.87. The topological polar surface area (TPSA) is 81.9 Å². The highest BCUT2D eigenvalue weighted by molar-refractivity contribution is 6.32. The van der Waals surface area contributed by atoms with Crippen LogP contribution in [-0.4, -0.2) is 44.0 Å². The highest BCUT2D eigenvalue weighted by atomic mass is 35.5. The molecular formula is C15H19ClN2O4. The molecule has 1 aromatic carbocycles. The van der Waals surface area contributed by atoms with Gasteiger partial charge in [-0.15, -0.1) is 0 Å². The number of nitrogens with two attached hydrogens (primary N) is 1. The Balaban J connectivity index is 2.25. The van der Waals surface area contributed by atoms with E-state index in [1.54, 1.807) is 17.0 Å². The third-order valence-electron chi connectivity index (χ3n) is 3.79. The third kappa shape index (κ3) is 3.27. The minimum Gasteiger partial charge on any atom is -0.493 e. The second-order valence-electron chi connectivity index (χ2n) is 5.19. The number of methoxy groups -OCH3 is 2. The molecule has 1 unspecified atom stereocenters. The van der Waals surface area contributed by atoms with Crippen LogP contribution in [0.3, 0.4) is 0 Å². The molecule has 1 aliphatic rings. The quantitative estimate of drug-likeness (QED) is 0.913. The third-order valence-corrected chi connectivity index (χ3v) is 4.07. The molecule has 1 aromatic rings. The number of piperidine rings is 1. The van der Waals surface area contributed by atoms with Gasteiger partial charge in [-0.1, -0.05) is 11.6 Å². The van der Waals surface area contributed by atoms with Crippen molar-refractivity contribution in [3.8, 4) is 11.5 Å². The first-order chi connectivity index (χ1) is 10.5. The largest absolute Gasteiger partial charge is 0.493 e. The summed E-state index contributed by atoms with van der Waals surface area (Å²) >= 11 is 6.13. The van der Waals surface area contributed by atoms with Gasteiger partial charge in [0, 0.05) is 18.7 Å². The number of hydrogen-bond acceptors (Lipinski definition) is 4.